The molecule has 1 fully saturated rings. The molecule has 5 rings (SSSR count). The minimum atomic E-state index is -0.598. The van der Waals surface area contributed by atoms with E-state index in [1.54, 1.807) is 20.3 Å². The molecule has 0 unspecified atom stereocenters. The van der Waals surface area contributed by atoms with Gasteiger partial charge in [0.25, 0.3) is 11.2 Å². The Labute approximate surface area is 227 Å². The molecule has 0 atom stereocenters. The van der Waals surface area contributed by atoms with Crippen molar-refractivity contribution >= 4 is 44.9 Å². The number of non-ortho nitro benzene ring substituents is 1. The molecule has 12 nitrogen and oxygen atoms in total. The van der Waals surface area contributed by atoms with Crippen LogP contribution in [0.2, 0.25) is 5.02 Å². The minimum Gasteiger partial charge on any atom is -0.493 e. The van der Waals surface area contributed by atoms with Gasteiger partial charge in [0, 0.05) is 49.3 Å². The molecule has 204 valence electrons. The van der Waals surface area contributed by atoms with Crippen LogP contribution in [0.4, 0.5) is 11.5 Å². The third kappa shape index (κ3) is 4.54. The molecule has 3 heterocycles. The quantitative estimate of drug-likeness (QED) is 0.246. The lowest BCUT2D eigenvalue weighted by Gasteiger charge is -2.34. The number of nitrogens with zero attached hydrogens (tertiary/aromatic N) is 6. The summed E-state index contributed by atoms with van der Waals surface area (Å²) in [6.07, 6.45) is 3.10. The summed E-state index contributed by atoms with van der Waals surface area (Å²) in [5, 5.41) is 12.3. The maximum atomic E-state index is 13.6. The second-order valence-corrected chi connectivity index (χ2v) is 9.74. The predicted molar refractivity (Wildman–Crippen MR) is 148 cm³/mol. The van der Waals surface area contributed by atoms with Crippen molar-refractivity contribution in [3.05, 3.63) is 66.6 Å². The molecule has 0 bridgehead atoms. The van der Waals surface area contributed by atoms with Crippen molar-refractivity contribution in [2.24, 2.45) is 0 Å². The standard InChI is InChI=1S/C26H27ClN6O6/c1-4-7-31-23-18(10-16(33(36)37)11-19(23)27)25(34)32(26(31)35)15-5-8-30(9-6-15)24-17-12-21(38-2)22(39-3)13-20(17)28-14-29-24/h10-15H,4-9H2,1-3H3. The zero-order valence-corrected chi connectivity index (χ0v) is 22.5. The van der Waals surface area contributed by atoms with Gasteiger partial charge in [-0.15, -0.1) is 0 Å². The molecule has 2 aromatic heterocycles. The highest BCUT2D eigenvalue weighted by Gasteiger charge is 2.28. The summed E-state index contributed by atoms with van der Waals surface area (Å²) in [6.45, 7) is 3.28. The number of ether oxygens (including phenoxy) is 2. The van der Waals surface area contributed by atoms with Gasteiger partial charge in [-0.3, -0.25) is 24.0 Å². The number of aromatic nitrogens is 4. The molecule has 0 N–H and O–H groups in total. The first-order chi connectivity index (χ1) is 18.8. The van der Waals surface area contributed by atoms with Gasteiger partial charge in [0.15, 0.2) is 11.5 Å². The molecule has 39 heavy (non-hydrogen) atoms. The fourth-order valence-electron chi connectivity index (χ4n) is 5.28. The highest BCUT2D eigenvalue weighted by molar-refractivity contribution is 6.35. The van der Waals surface area contributed by atoms with Crippen molar-refractivity contribution in [1.82, 2.24) is 19.1 Å². The average Bonchev–Trinajstić information content (AvgIpc) is 2.94. The summed E-state index contributed by atoms with van der Waals surface area (Å²) < 4.78 is 13.5. The van der Waals surface area contributed by atoms with E-state index in [2.05, 4.69) is 14.9 Å². The number of halogens is 1. The Morgan fingerprint density at radius 2 is 1.74 bits per heavy atom. The van der Waals surface area contributed by atoms with Gasteiger partial charge < -0.3 is 14.4 Å². The molecule has 0 spiro atoms. The summed E-state index contributed by atoms with van der Waals surface area (Å²) in [6, 6.07) is 5.61. The Bertz CT molecular complexity index is 1710. The zero-order chi connectivity index (χ0) is 27.8. The Kier molecular flexibility index (Phi) is 7.13. The zero-order valence-electron chi connectivity index (χ0n) is 21.7. The Morgan fingerprint density at radius 1 is 1.05 bits per heavy atom. The molecule has 0 saturated carbocycles. The van der Waals surface area contributed by atoms with Crippen LogP contribution in [0.3, 0.4) is 0 Å². The second-order valence-electron chi connectivity index (χ2n) is 9.33. The van der Waals surface area contributed by atoms with E-state index in [9.17, 15) is 19.7 Å². The molecule has 0 aliphatic carbocycles. The highest BCUT2D eigenvalue weighted by atomic mass is 35.5. The van der Waals surface area contributed by atoms with Crippen LogP contribution in [0.25, 0.3) is 21.8 Å². The van der Waals surface area contributed by atoms with E-state index < -0.39 is 22.2 Å². The molecule has 1 saturated heterocycles. The third-order valence-corrected chi connectivity index (χ3v) is 7.40. The van der Waals surface area contributed by atoms with Gasteiger partial charge in [0.2, 0.25) is 0 Å². The number of nitro benzene ring substituents is 1. The molecule has 0 amide bonds. The summed E-state index contributed by atoms with van der Waals surface area (Å²) in [4.78, 5) is 49.0. The number of piperidine rings is 1. The maximum absolute atomic E-state index is 13.6. The molecule has 1 aliphatic rings. The average molecular weight is 555 g/mol. The van der Waals surface area contributed by atoms with E-state index in [0.29, 0.717) is 55.9 Å². The van der Waals surface area contributed by atoms with E-state index in [0.717, 1.165) is 11.2 Å². The molecular weight excluding hydrogens is 528 g/mol. The van der Waals surface area contributed by atoms with Crippen LogP contribution in [0.15, 0.2) is 40.2 Å². The number of benzene rings is 2. The largest absolute Gasteiger partial charge is 0.493 e. The smallest absolute Gasteiger partial charge is 0.331 e. The van der Waals surface area contributed by atoms with Gasteiger partial charge in [-0.1, -0.05) is 18.5 Å². The SMILES string of the molecule is CCCn1c(=O)n(C2CCN(c3ncnc4cc(OC)c(OC)cc34)CC2)c(=O)c2cc([N+](=O)[O-])cc(Cl)c21. The van der Waals surface area contributed by atoms with Gasteiger partial charge in [-0.2, -0.15) is 0 Å². The summed E-state index contributed by atoms with van der Waals surface area (Å²) in [5.74, 6) is 1.84. The molecule has 2 aromatic carbocycles. The fourth-order valence-corrected chi connectivity index (χ4v) is 5.60. The number of rotatable bonds is 7. The van der Waals surface area contributed by atoms with Crippen molar-refractivity contribution < 1.29 is 14.4 Å². The van der Waals surface area contributed by atoms with Gasteiger partial charge in [0.05, 0.1) is 40.6 Å². The predicted octanol–water partition coefficient (Wildman–Crippen LogP) is 3.94. The van der Waals surface area contributed by atoms with Crippen LogP contribution in [0, 0.1) is 10.1 Å². The van der Waals surface area contributed by atoms with E-state index in [1.165, 1.54) is 27.6 Å². The number of aryl methyl sites for hydroxylation is 1. The highest BCUT2D eigenvalue weighted by Crippen LogP contribution is 2.36. The Balaban J connectivity index is 1.53. The van der Waals surface area contributed by atoms with Crippen LogP contribution in [0.5, 0.6) is 11.5 Å². The Morgan fingerprint density at radius 3 is 2.38 bits per heavy atom. The normalized spacial score (nSPS) is 14.2. The lowest BCUT2D eigenvalue weighted by molar-refractivity contribution is -0.384. The van der Waals surface area contributed by atoms with Crippen LogP contribution >= 0.6 is 11.6 Å². The van der Waals surface area contributed by atoms with Gasteiger partial charge >= 0.3 is 5.69 Å². The molecule has 1 aliphatic heterocycles. The van der Waals surface area contributed by atoms with E-state index in [-0.39, 0.29) is 21.6 Å². The van der Waals surface area contributed by atoms with Crippen molar-refractivity contribution in [3.8, 4) is 11.5 Å². The van der Waals surface area contributed by atoms with E-state index in [1.807, 2.05) is 13.0 Å². The molecule has 4 aromatic rings. The van der Waals surface area contributed by atoms with Gasteiger partial charge in [-0.05, 0) is 25.3 Å². The summed E-state index contributed by atoms with van der Waals surface area (Å²) >= 11 is 6.36. The maximum Gasteiger partial charge on any atom is 0.331 e. The van der Waals surface area contributed by atoms with Gasteiger partial charge in [0.1, 0.15) is 12.1 Å². The number of fused-ring (bicyclic) bond motifs is 2. The van der Waals surface area contributed by atoms with Crippen molar-refractivity contribution in [3.63, 3.8) is 0 Å². The first-order valence-corrected chi connectivity index (χ1v) is 12.9. The van der Waals surface area contributed by atoms with Crippen molar-refractivity contribution in [2.75, 3.05) is 32.2 Å². The third-order valence-electron chi connectivity index (χ3n) is 7.11. The molecule has 0 radical (unpaired) electrons. The number of methoxy groups -OCH3 is 2. The van der Waals surface area contributed by atoms with Crippen LogP contribution in [-0.4, -0.2) is 51.3 Å². The molecular formula is C26H27ClN6O6. The second kappa shape index (κ2) is 10.5. The van der Waals surface area contributed by atoms with E-state index >= 15 is 0 Å². The number of hydrogen-bond donors (Lipinski definition) is 0. The van der Waals surface area contributed by atoms with Crippen LogP contribution in [0.1, 0.15) is 32.2 Å². The Hall–Kier alpha value is -4.19. The fraction of sp³-hybridized carbons (Fsp3) is 0.385. The number of nitro groups is 1. The first kappa shape index (κ1) is 26.4. The first-order valence-electron chi connectivity index (χ1n) is 12.5. The van der Waals surface area contributed by atoms with Crippen molar-refractivity contribution in [2.45, 2.75) is 38.8 Å². The topological polar surface area (TPSA) is 135 Å². The molecule has 13 heteroatoms. The lowest BCUT2D eigenvalue weighted by atomic mass is 10.0. The summed E-state index contributed by atoms with van der Waals surface area (Å²) in [5.41, 5.74) is -0.407. The van der Waals surface area contributed by atoms with Crippen LogP contribution in [-0.2, 0) is 6.54 Å². The van der Waals surface area contributed by atoms with Gasteiger partial charge in [-0.25, -0.2) is 14.8 Å². The van der Waals surface area contributed by atoms with Crippen LogP contribution < -0.4 is 25.6 Å². The van der Waals surface area contributed by atoms with Crippen molar-refractivity contribution in [1.29, 1.82) is 0 Å². The monoisotopic (exact) mass is 554 g/mol. The number of anilines is 1. The minimum absolute atomic E-state index is 0.00603. The lowest BCUT2D eigenvalue weighted by Crippen LogP contribution is -2.46. The number of hydrogen-bond acceptors (Lipinski definition) is 9. The van der Waals surface area contributed by atoms with E-state index in [4.69, 9.17) is 21.1 Å². The summed E-state index contributed by atoms with van der Waals surface area (Å²) in [7, 11) is 3.12.